The highest BCUT2D eigenvalue weighted by Gasteiger charge is 2.21. The van der Waals surface area contributed by atoms with Crippen molar-refractivity contribution in [1.29, 1.82) is 0 Å². The molecule has 0 aromatic heterocycles. The fourth-order valence-electron chi connectivity index (χ4n) is 1.92. The summed E-state index contributed by atoms with van der Waals surface area (Å²) in [5, 5.41) is 21.4. The Balaban J connectivity index is 2.08. The fraction of sp³-hybridized carbons (Fsp3) is 0.500. The Hall–Kier alpha value is -0.620. The zero-order chi connectivity index (χ0) is 12.3. The molecule has 2 rings (SSSR count). The van der Waals surface area contributed by atoms with E-state index in [1.165, 1.54) is 0 Å². The molecule has 2 unspecified atom stereocenters. The van der Waals surface area contributed by atoms with E-state index in [9.17, 15) is 5.11 Å². The first-order valence-electron chi connectivity index (χ1n) is 5.65. The van der Waals surface area contributed by atoms with Gasteiger partial charge in [-0.15, -0.1) is 0 Å². The van der Waals surface area contributed by atoms with Gasteiger partial charge in [-0.1, -0.05) is 15.9 Å². The van der Waals surface area contributed by atoms with Crippen molar-refractivity contribution in [3.05, 3.63) is 28.2 Å². The number of hydrogen-bond acceptors (Lipinski definition) is 4. The lowest BCUT2D eigenvalue weighted by molar-refractivity contribution is 0.0898. The maximum Gasteiger partial charge on any atom is 0.124 e. The number of aliphatic hydroxyl groups is 2. The summed E-state index contributed by atoms with van der Waals surface area (Å²) in [6, 6.07) is 6.08. The Morgan fingerprint density at radius 1 is 1.53 bits per heavy atom. The summed E-state index contributed by atoms with van der Waals surface area (Å²) >= 11 is 3.44. The Labute approximate surface area is 109 Å². The number of nitrogens with one attached hydrogen (secondary N) is 1. The summed E-state index contributed by atoms with van der Waals surface area (Å²) in [5.74, 6) is 0.885. The minimum atomic E-state index is -0.714. The Kier molecular flexibility index (Phi) is 4.39. The van der Waals surface area contributed by atoms with Gasteiger partial charge in [-0.05, 0) is 18.2 Å². The van der Waals surface area contributed by atoms with Gasteiger partial charge in [0.05, 0.1) is 19.3 Å². The number of hydrogen-bond donors (Lipinski definition) is 3. The van der Waals surface area contributed by atoms with Crippen LogP contribution in [0.25, 0.3) is 0 Å². The van der Waals surface area contributed by atoms with E-state index in [2.05, 4.69) is 21.2 Å². The van der Waals surface area contributed by atoms with Gasteiger partial charge in [0.2, 0.25) is 0 Å². The summed E-state index contributed by atoms with van der Waals surface area (Å²) in [6.07, 6.45) is 0.148. The maximum atomic E-state index is 9.34. The largest absolute Gasteiger partial charge is 0.493 e. The summed E-state index contributed by atoms with van der Waals surface area (Å²) in [5.41, 5.74) is 1.09. The Morgan fingerprint density at radius 2 is 2.35 bits per heavy atom. The second-order valence-electron chi connectivity index (χ2n) is 4.12. The quantitative estimate of drug-likeness (QED) is 0.782. The van der Waals surface area contributed by atoms with Crippen molar-refractivity contribution in [3.8, 4) is 5.75 Å². The molecule has 1 aromatic carbocycles. The summed E-state index contributed by atoms with van der Waals surface area (Å²) in [6.45, 7) is 0.830. The van der Waals surface area contributed by atoms with Gasteiger partial charge in [-0.2, -0.15) is 0 Å². The van der Waals surface area contributed by atoms with Crippen molar-refractivity contribution in [2.24, 2.45) is 0 Å². The summed E-state index contributed by atoms with van der Waals surface area (Å²) in [7, 11) is 0. The Bertz CT molecular complexity index is 386. The van der Waals surface area contributed by atoms with Crippen LogP contribution in [-0.4, -0.2) is 36.1 Å². The zero-order valence-corrected chi connectivity index (χ0v) is 11.0. The molecule has 0 saturated carbocycles. The van der Waals surface area contributed by atoms with Crippen molar-refractivity contribution in [2.75, 3.05) is 19.8 Å². The smallest absolute Gasteiger partial charge is 0.124 e. The van der Waals surface area contributed by atoms with Gasteiger partial charge in [-0.25, -0.2) is 0 Å². The second kappa shape index (κ2) is 5.82. The van der Waals surface area contributed by atoms with E-state index in [0.717, 1.165) is 22.2 Å². The average molecular weight is 302 g/mol. The highest BCUT2D eigenvalue weighted by atomic mass is 79.9. The molecule has 1 aromatic rings. The molecule has 5 heteroatoms. The third kappa shape index (κ3) is 3.19. The molecular weight excluding hydrogens is 286 g/mol. The summed E-state index contributed by atoms with van der Waals surface area (Å²) < 4.78 is 6.58. The van der Waals surface area contributed by atoms with Crippen molar-refractivity contribution in [3.63, 3.8) is 0 Å². The minimum absolute atomic E-state index is 0.164. The summed E-state index contributed by atoms with van der Waals surface area (Å²) in [4.78, 5) is 0. The van der Waals surface area contributed by atoms with E-state index >= 15 is 0 Å². The van der Waals surface area contributed by atoms with Gasteiger partial charge in [-0.3, -0.25) is 0 Å². The number of benzene rings is 1. The maximum absolute atomic E-state index is 9.34. The first-order chi connectivity index (χ1) is 8.20. The number of ether oxygens (including phenoxy) is 1. The molecule has 4 nitrogen and oxygen atoms in total. The van der Waals surface area contributed by atoms with E-state index in [4.69, 9.17) is 9.84 Å². The monoisotopic (exact) mass is 301 g/mol. The molecule has 0 saturated heterocycles. The molecule has 0 spiro atoms. The van der Waals surface area contributed by atoms with Crippen LogP contribution in [0.15, 0.2) is 22.7 Å². The van der Waals surface area contributed by atoms with Gasteiger partial charge in [0.1, 0.15) is 5.75 Å². The van der Waals surface area contributed by atoms with Crippen LogP contribution in [0.2, 0.25) is 0 Å². The molecule has 1 aliphatic heterocycles. The first kappa shape index (κ1) is 12.8. The van der Waals surface area contributed by atoms with E-state index in [0.29, 0.717) is 13.2 Å². The molecule has 94 valence electrons. The van der Waals surface area contributed by atoms with Crippen LogP contribution in [0.1, 0.15) is 18.0 Å². The normalized spacial score (nSPS) is 20.5. The van der Waals surface area contributed by atoms with Crippen LogP contribution in [0.4, 0.5) is 0 Å². The van der Waals surface area contributed by atoms with Crippen LogP contribution in [0, 0.1) is 0 Å². The van der Waals surface area contributed by atoms with Gasteiger partial charge in [0.15, 0.2) is 0 Å². The zero-order valence-electron chi connectivity index (χ0n) is 9.40. The van der Waals surface area contributed by atoms with E-state index < -0.39 is 6.10 Å². The number of fused-ring (bicyclic) bond motifs is 1. The van der Waals surface area contributed by atoms with Crippen molar-refractivity contribution < 1.29 is 14.9 Å². The second-order valence-corrected chi connectivity index (χ2v) is 5.03. The predicted octanol–water partition coefficient (Wildman–Crippen LogP) is 1.22. The van der Waals surface area contributed by atoms with Crippen LogP contribution in [0.3, 0.4) is 0 Å². The highest BCUT2D eigenvalue weighted by Crippen LogP contribution is 2.33. The molecule has 3 N–H and O–H groups in total. The minimum Gasteiger partial charge on any atom is -0.493 e. The average Bonchev–Trinajstić information content (AvgIpc) is 2.35. The van der Waals surface area contributed by atoms with Crippen LogP contribution >= 0.6 is 15.9 Å². The van der Waals surface area contributed by atoms with Crippen molar-refractivity contribution in [1.82, 2.24) is 5.32 Å². The predicted molar refractivity (Wildman–Crippen MR) is 68.1 cm³/mol. The molecule has 1 aliphatic rings. The van der Waals surface area contributed by atoms with E-state index in [1.54, 1.807) is 0 Å². The van der Waals surface area contributed by atoms with E-state index in [1.807, 2.05) is 18.2 Å². The molecule has 2 atom stereocenters. The van der Waals surface area contributed by atoms with Crippen LogP contribution in [-0.2, 0) is 0 Å². The van der Waals surface area contributed by atoms with Gasteiger partial charge in [0.25, 0.3) is 0 Å². The number of halogens is 1. The first-order valence-corrected chi connectivity index (χ1v) is 6.44. The molecule has 17 heavy (non-hydrogen) atoms. The van der Waals surface area contributed by atoms with Crippen LogP contribution in [0.5, 0.6) is 5.75 Å². The third-order valence-corrected chi connectivity index (χ3v) is 3.32. The van der Waals surface area contributed by atoms with Crippen LogP contribution < -0.4 is 10.1 Å². The third-order valence-electron chi connectivity index (χ3n) is 2.82. The van der Waals surface area contributed by atoms with E-state index in [-0.39, 0.29) is 12.6 Å². The fourth-order valence-corrected chi connectivity index (χ4v) is 2.30. The lowest BCUT2D eigenvalue weighted by atomic mass is 10.0. The lowest BCUT2D eigenvalue weighted by Gasteiger charge is -2.27. The molecule has 0 fully saturated rings. The molecule has 1 heterocycles. The molecule has 0 bridgehead atoms. The Morgan fingerprint density at radius 3 is 3.12 bits per heavy atom. The number of rotatable bonds is 4. The molecular formula is C12H16BrNO3. The van der Waals surface area contributed by atoms with Gasteiger partial charge in [0, 0.05) is 29.0 Å². The van der Waals surface area contributed by atoms with Crippen molar-refractivity contribution in [2.45, 2.75) is 18.6 Å². The molecule has 0 aliphatic carbocycles. The van der Waals surface area contributed by atoms with Crippen molar-refractivity contribution >= 4 is 15.9 Å². The molecule has 0 amide bonds. The lowest BCUT2D eigenvalue weighted by Crippen LogP contribution is -2.34. The van der Waals surface area contributed by atoms with Gasteiger partial charge < -0.3 is 20.3 Å². The topological polar surface area (TPSA) is 61.7 Å². The molecule has 0 radical (unpaired) electrons. The SMILES string of the molecule is OCC(O)CNC1CCOc2ccc(Br)cc21. The standard InChI is InChI=1S/C12H16BrNO3/c13-8-1-2-12-10(5-8)11(3-4-17-12)14-6-9(16)7-15/h1-2,5,9,11,14-16H,3-4,6-7H2. The number of aliphatic hydroxyl groups excluding tert-OH is 2. The van der Waals surface area contributed by atoms with Gasteiger partial charge >= 0.3 is 0 Å². The highest BCUT2D eigenvalue weighted by molar-refractivity contribution is 9.10.